The van der Waals surface area contributed by atoms with Crippen molar-refractivity contribution in [2.24, 2.45) is 10.2 Å². The number of hydrazone groups is 2. The van der Waals surface area contributed by atoms with Crippen LogP contribution in [0.15, 0.2) is 113 Å². The first-order chi connectivity index (χ1) is 18.0. The maximum absolute atomic E-state index is 12.7. The van der Waals surface area contributed by atoms with Crippen molar-refractivity contribution in [1.82, 2.24) is 0 Å². The quantitative estimate of drug-likeness (QED) is 0.267. The Hall–Kier alpha value is -3.58. The number of hydrogen-bond acceptors (Lipinski definition) is 6. The summed E-state index contributed by atoms with van der Waals surface area (Å²) in [5, 5.41) is 15.5. The van der Waals surface area contributed by atoms with Gasteiger partial charge < -0.3 is 0 Å². The Morgan fingerprint density at radius 3 is 2.16 bits per heavy atom. The Kier molecular flexibility index (Phi) is 6.03. The van der Waals surface area contributed by atoms with Crippen LogP contribution in [0.5, 0.6) is 0 Å². The highest BCUT2D eigenvalue weighted by Gasteiger charge is 2.55. The fraction of sp³-hybridized carbons (Fsp3) is 0.0690. The standard InChI is InChI=1S/C29H20Cl2N4OS/c1-19(36)28-33-35(24-11-7-8-22(31)18-24)29(37-28)26-13-6-5-12-25(26)27(20-14-16-21(30)17-15-20)32-34(29)23-9-3-2-4-10-23/h2-18H,1H3/t29-/m1/s1. The van der Waals surface area contributed by atoms with Gasteiger partial charge in [0.2, 0.25) is 4.99 Å². The molecule has 0 bridgehead atoms. The monoisotopic (exact) mass is 542 g/mol. The average Bonchev–Trinajstić information content (AvgIpc) is 3.32. The molecular weight excluding hydrogens is 523 g/mol. The Bertz CT molecular complexity index is 1570. The lowest BCUT2D eigenvalue weighted by molar-refractivity contribution is -0.110. The van der Waals surface area contributed by atoms with E-state index in [0.29, 0.717) is 15.1 Å². The molecule has 0 aliphatic carbocycles. The maximum Gasteiger partial charge on any atom is 0.234 e. The Morgan fingerprint density at radius 1 is 0.757 bits per heavy atom. The molecule has 0 amide bonds. The Labute approximate surface area is 229 Å². The van der Waals surface area contributed by atoms with Crippen LogP contribution < -0.4 is 10.0 Å². The van der Waals surface area contributed by atoms with Gasteiger partial charge in [0.1, 0.15) is 0 Å². The van der Waals surface area contributed by atoms with Crippen LogP contribution in [0.1, 0.15) is 23.6 Å². The van der Waals surface area contributed by atoms with Gasteiger partial charge in [-0.15, -0.1) is 0 Å². The molecule has 1 spiro atoms. The largest absolute Gasteiger partial charge is 0.292 e. The van der Waals surface area contributed by atoms with E-state index in [1.807, 2.05) is 101 Å². The minimum atomic E-state index is -1.01. The molecule has 6 rings (SSSR count). The molecule has 4 aromatic rings. The summed E-state index contributed by atoms with van der Waals surface area (Å²) in [6, 6.07) is 33.1. The normalized spacial score (nSPS) is 18.5. The second-order valence-corrected chi connectivity index (χ2v) is 10.6. The number of carbonyl (C=O) groups is 1. The number of rotatable bonds is 4. The molecule has 1 atom stereocenters. The summed E-state index contributed by atoms with van der Waals surface area (Å²) in [6.45, 7) is 1.53. The number of Topliss-reactive ketones (excluding diaryl/α,β-unsaturated/α-hetero) is 1. The lowest BCUT2D eigenvalue weighted by Gasteiger charge is -2.47. The van der Waals surface area contributed by atoms with Crippen molar-refractivity contribution in [2.45, 2.75) is 11.9 Å². The van der Waals surface area contributed by atoms with Crippen molar-refractivity contribution in [3.05, 3.63) is 130 Å². The van der Waals surface area contributed by atoms with Gasteiger partial charge in [-0.1, -0.05) is 83.9 Å². The lowest BCUT2D eigenvalue weighted by Crippen LogP contribution is -2.54. The van der Waals surface area contributed by atoms with Gasteiger partial charge in [0.05, 0.1) is 17.1 Å². The van der Waals surface area contributed by atoms with Crippen LogP contribution in [0.25, 0.3) is 0 Å². The van der Waals surface area contributed by atoms with E-state index in [1.165, 1.54) is 18.7 Å². The van der Waals surface area contributed by atoms with E-state index in [-0.39, 0.29) is 5.78 Å². The predicted octanol–water partition coefficient (Wildman–Crippen LogP) is 7.53. The second kappa shape index (κ2) is 9.38. The zero-order chi connectivity index (χ0) is 25.6. The summed E-state index contributed by atoms with van der Waals surface area (Å²) >= 11 is 14.0. The van der Waals surface area contributed by atoms with Crippen LogP contribution >= 0.6 is 35.0 Å². The number of benzene rings is 4. The van der Waals surface area contributed by atoms with Gasteiger partial charge in [-0.2, -0.15) is 10.2 Å². The molecule has 2 aliphatic heterocycles. The van der Waals surface area contributed by atoms with Crippen molar-refractivity contribution < 1.29 is 4.79 Å². The third kappa shape index (κ3) is 4.02. The van der Waals surface area contributed by atoms with Crippen LogP contribution in [-0.2, 0) is 9.79 Å². The number of thioether (sulfide) groups is 1. The Balaban J connectivity index is 1.66. The van der Waals surface area contributed by atoms with Crippen molar-refractivity contribution >= 4 is 62.9 Å². The van der Waals surface area contributed by atoms with Crippen LogP contribution in [-0.4, -0.2) is 16.5 Å². The first-order valence-corrected chi connectivity index (χ1v) is 13.2. The van der Waals surface area contributed by atoms with Crippen molar-refractivity contribution in [1.29, 1.82) is 0 Å². The van der Waals surface area contributed by atoms with Gasteiger partial charge in [-0.3, -0.25) is 4.79 Å². The Morgan fingerprint density at radius 2 is 1.43 bits per heavy atom. The molecule has 37 heavy (non-hydrogen) atoms. The number of fused-ring (bicyclic) bond motifs is 2. The van der Waals surface area contributed by atoms with Crippen LogP contribution in [0.4, 0.5) is 11.4 Å². The highest BCUT2D eigenvalue weighted by atomic mass is 35.5. The molecule has 0 aromatic heterocycles. The van der Waals surface area contributed by atoms with Crippen molar-refractivity contribution in [2.75, 3.05) is 10.0 Å². The zero-order valence-electron chi connectivity index (χ0n) is 19.7. The molecule has 0 fully saturated rings. The average molecular weight is 543 g/mol. The van der Waals surface area contributed by atoms with E-state index in [1.54, 1.807) is 0 Å². The summed E-state index contributed by atoms with van der Waals surface area (Å²) < 4.78 is 0. The number of carbonyl (C=O) groups excluding carboxylic acids is 1. The van der Waals surface area contributed by atoms with Crippen LogP contribution in [0.2, 0.25) is 10.0 Å². The van der Waals surface area contributed by atoms with E-state index < -0.39 is 4.99 Å². The number of nitrogens with zero attached hydrogens (tertiary/aromatic N) is 4. The van der Waals surface area contributed by atoms with Gasteiger partial charge in [0.25, 0.3) is 0 Å². The van der Waals surface area contributed by atoms with Gasteiger partial charge in [-0.05, 0) is 54.2 Å². The minimum Gasteiger partial charge on any atom is -0.292 e. The summed E-state index contributed by atoms with van der Waals surface area (Å²) in [5.41, 5.74) is 5.21. The van der Waals surface area contributed by atoms with Gasteiger partial charge in [-0.25, -0.2) is 10.0 Å². The molecule has 0 saturated heterocycles. The van der Waals surface area contributed by atoms with E-state index in [4.69, 9.17) is 33.4 Å². The molecule has 0 saturated carbocycles. The molecular formula is C29H20Cl2N4OS. The summed E-state index contributed by atoms with van der Waals surface area (Å²) in [5.74, 6) is -0.119. The topological polar surface area (TPSA) is 48.3 Å². The van der Waals surface area contributed by atoms with Gasteiger partial charge in [0, 0.05) is 33.7 Å². The fourth-order valence-corrected chi connectivity index (χ4v) is 6.17. The number of anilines is 2. The van der Waals surface area contributed by atoms with E-state index in [9.17, 15) is 4.79 Å². The third-order valence-corrected chi connectivity index (χ3v) is 8.11. The number of ketones is 1. The second-order valence-electron chi connectivity index (χ2n) is 8.61. The minimum absolute atomic E-state index is 0.119. The van der Waals surface area contributed by atoms with E-state index in [2.05, 4.69) is 12.1 Å². The molecule has 4 aromatic carbocycles. The molecule has 2 aliphatic rings. The number of para-hydroxylation sites is 1. The van der Waals surface area contributed by atoms with E-state index >= 15 is 0 Å². The number of halogens is 2. The molecule has 182 valence electrons. The number of hydrogen-bond donors (Lipinski definition) is 0. The molecule has 0 radical (unpaired) electrons. The molecule has 5 nitrogen and oxygen atoms in total. The summed E-state index contributed by atoms with van der Waals surface area (Å²) in [6.07, 6.45) is 0. The lowest BCUT2D eigenvalue weighted by atomic mass is 9.93. The highest BCUT2D eigenvalue weighted by molar-refractivity contribution is 8.17. The first-order valence-electron chi connectivity index (χ1n) is 11.6. The van der Waals surface area contributed by atoms with Crippen LogP contribution in [0, 0.1) is 0 Å². The molecule has 0 N–H and O–H groups in total. The van der Waals surface area contributed by atoms with Gasteiger partial charge in [0.15, 0.2) is 10.8 Å². The predicted molar refractivity (Wildman–Crippen MR) is 154 cm³/mol. The van der Waals surface area contributed by atoms with Gasteiger partial charge >= 0.3 is 0 Å². The smallest absolute Gasteiger partial charge is 0.234 e. The first kappa shape index (κ1) is 23.8. The van der Waals surface area contributed by atoms with E-state index in [0.717, 1.165) is 33.8 Å². The highest BCUT2D eigenvalue weighted by Crippen LogP contribution is 2.55. The maximum atomic E-state index is 12.7. The van der Waals surface area contributed by atoms with Crippen molar-refractivity contribution in [3.63, 3.8) is 0 Å². The third-order valence-electron chi connectivity index (χ3n) is 6.21. The summed E-state index contributed by atoms with van der Waals surface area (Å²) in [7, 11) is 0. The van der Waals surface area contributed by atoms with Crippen LogP contribution in [0.3, 0.4) is 0 Å². The zero-order valence-corrected chi connectivity index (χ0v) is 22.0. The molecule has 0 unspecified atom stereocenters. The summed E-state index contributed by atoms with van der Waals surface area (Å²) in [4.78, 5) is 11.7. The fourth-order valence-electron chi connectivity index (χ4n) is 4.57. The molecule has 8 heteroatoms. The van der Waals surface area contributed by atoms with Crippen molar-refractivity contribution in [3.8, 4) is 0 Å². The SMILES string of the molecule is CC(=O)C1=NN(c2cccc(Cl)c2)[C@@]2(S1)c1ccccc1C(c1ccc(Cl)cc1)=NN2c1ccccc1. The molecule has 2 heterocycles.